The molecule has 1 amide bonds. The molecule has 0 N–H and O–H groups in total. The number of anilines is 1. The van der Waals surface area contributed by atoms with E-state index in [1.807, 2.05) is 60.4 Å². The van der Waals surface area contributed by atoms with Crippen LogP contribution < -0.4 is 4.90 Å². The first-order chi connectivity index (χ1) is 15.1. The Balaban J connectivity index is 1.36. The number of hydrogen-bond donors (Lipinski definition) is 0. The third kappa shape index (κ3) is 3.72. The van der Waals surface area contributed by atoms with Crippen LogP contribution in [0, 0.1) is 6.92 Å². The molecule has 5 rings (SSSR count). The molecule has 7 nitrogen and oxygen atoms in total. The first kappa shape index (κ1) is 19.5. The highest BCUT2D eigenvalue weighted by atomic mass is 35.5. The Bertz CT molecular complexity index is 1240. The summed E-state index contributed by atoms with van der Waals surface area (Å²) in [7, 11) is 0. The molecule has 156 valence electrons. The molecule has 2 aromatic heterocycles. The SMILES string of the molecule is Cc1ccc(C(=O)N2CCN(c3ncnc4c3cnn4-c3cccc(Cl)c3)CC2)cc1. The van der Waals surface area contributed by atoms with Crippen molar-refractivity contribution in [1.29, 1.82) is 0 Å². The second-order valence-electron chi connectivity index (χ2n) is 7.62. The molecule has 1 aliphatic heterocycles. The molecule has 3 heterocycles. The van der Waals surface area contributed by atoms with Gasteiger partial charge in [0.25, 0.3) is 5.91 Å². The van der Waals surface area contributed by atoms with Crippen molar-refractivity contribution in [3.63, 3.8) is 0 Å². The lowest BCUT2D eigenvalue weighted by atomic mass is 10.1. The summed E-state index contributed by atoms with van der Waals surface area (Å²) >= 11 is 6.14. The van der Waals surface area contributed by atoms with Gasteiger partial charge in [-0.25, -0.2) is 14.6 Å². The Hall–Kier alpha value is -3.45. The lowest BCUT2D eigenvalue weighted by Gasteiger charge is -2.35. The predicted octanol–water partition coefficient (Wildman–Crippen LogP) is 3.74. The van der Waals surface area contributed by atoms with Crippen LogP contribution in [0.5, 0.6) is 0 Å². The van der Waals surface area contributed by atoms with Gasteiger partial charge in [-0.05, 0) is 37.3 Å². The van der Waals surface area contributed by atoms with E-state index in [-0.39, 0.29) is 5.91 Å². The molecule has 0 spiro atoms. The molecular weight excluding hydrogens is 412 g/mol. The first-order valence-electron chi connectivity index (χ1n) is 10.2. The summed E-state index contributed by atoms with van der Waals surface area (Å²) in [5, 5.41) is 6.04. The summed E-state index contributed by atoms with van der Waals surface area (Å²) in [5.74, 6) is 0.905. The third-order valence-corrected chi connectivity index (χ3v) is 5.80. The summed E-state index contributed by atoms with van der Waals surface area (Å²) in [6.45, 7) is 4.70. The van der Waals surface area contributed by atoms with Gasteiger partial charge >= 0.3 is 0 Å². The largest absolute Gasteiger partial charge is 0.352 e. The molecule has 0 atom stereocenters. The van der Waals surface area contributed by atoms with Gasteiger partial charge in [-0.1, -0.05) is 35.4 Å². The van der Waals surface area contributed by atoms with E-state index in [1.54, 1.807) is 17.2 Å². The summed E-state index contributed by atoms with van der Waals surface area (Å²) in [6, 6.07) is 15.2. The number of nitrogens with zero attached hydrogens (tertiary/aromatic N) is 6. The molecule has 0 aliphatic carbocycles. The van der Waals surface area contributed by atoms with Crippen molar-refractivity contribution < 1.29 is 4.79 Å². The van der Waals surface area contributed by atoms with E-state index < -0.39 is 0 Å². The van der Waals surface area contributed by atoms with E-state index in [0.717, 1.165) is 33.7 Å². The average molecular weight is 433 g/mol. The molecule has 0 saturated carbocycles. The quantitative estimate of drug-likeness (QED) is 0.493. The number of hydrogen-bond acceptors (Lipinski definition) is 5. The fourth-order valence-electron chi connectivity index (χ4n) is 3.88. The topological polar surface area (TPSA) is 67.2 Å². The highest BCUT2D eigenvalue weighted by Gasteiger charge is 2.25. The van der Waals surface area contributed by atoms with Crippen molar-refractivity contribution in [1.82, 2.24) is 24.6 Å². The first-order valence-corrected chi connectivity index (χ1v) is 10.5. The number of carbonyl (C=O) groups is 1. The van der Waals surface area contributed by atoms with Crippen LogP contribution in [-0.4, -0.2) is 56.7 Å². The molecule has 1 fully saturated rings. The van der Waals surface area contributed by atoms with Crippen LogP contribution in [-0.2, 0) is 0 Å². The normalized spacial score (nSPS) is 14.3. The minimum Gasteiger partial charge on any atom is -0.352 e. The second-order valence-corrected chi connectivity index (χ2v) is 8.05. The van der Waals surface area contributed by atoms with Crippen LogP contribution in [0.4, 0.5) is 5.82 Å². The van der Waals surface area contributed by atoms with Gasteiger partial charge in [-0.3, -0.25) is 4.79 Å². The molecule has 4 aromatic rings. The maximum absolute atomic E-state index is 12.8. The van der Waals surface area contributed by atoms with Crippen LogP contribution >= 0.6 is 11.6 Å². The Morgan fingerprint density at radius 2 is 1.77 bits per heavy atom. The predicted molar refractivity (Wildman–Crippen MR) is 121 cm³/mol. The number of fused-ring (bicyclic) bond motifs is 1. The summed E-state index contributed by atoms with van der Waals surface area (Å²) < 4.78 is 1.77. The lowest BCUT2D eigenvalue weighted by Crippen LogP contribution is -2.49. The van der Waals surface area contributed by atoms with E-state index in [0.29, 0.717) is 31.2 Å². The zero-order chi connectivity index (χ0) is 21.4. The molecule has 1 aliphatic rings. The molecular formula is C23H21ClN6O. The van der Waals surface area contributed by atoms with Gasteiger partial charge in [0.1, 0.15) is 12.1 Å². The molecule has 1 saturated heterocycles. The van der Waals surface area contributed by atoms with Crippen LogP contribution in [0.3, 0.4) is 0 Å². The standard InChI is InChI=1S/C23H21ClN6O/c1-16-5-7-17(8-6-16)23(31)29-11-9-28(10-12-29)21-20-14-27-30(22(20)26-15-25-21)19-4-2-3-18(24)13-19/h2-8,13-15H,9-12H2,1H3. The Kier molecular flexibility index (Phi) is 5.03. The number of halogens is 1. The monoisotopic (exact) mass is 432 g/mol. The molecule has 8 heteroatoms. The minimum absolute atomic E-state index is 0.0706. The van der Waals surface area contributed by atoms with Crippen molar-refractivity contribution in [2.45, 2.75) is 6.92 Å². The molecule has 0 bridgehead atoms. The van der Waals surface area contributed by atoms with E-state index in [4.69, 9.17) is 11.6 Å². The fourth-order valence-corrected chi connectivity index (χ4v) is 4.07. The second kappa shape index (κ2) is 8.00. The van der Waals surface area contributed by atoms with Crippen molar-refractivity contribution >= 4 is 34.4 Å². The maximum Gasteiger partial charge on any atom is 0.253 e. The Morgan fingerprint density at radius 3 is 2.52 bits per heavy atom. The number of aromatic nitrogens is 4. The highest BCUT2D eigenvalue weighted by Crippen LogP contribution is 2.26. The number of benzene rings is 2. The van der Waals surface area contributed by atoms with Gasteiger partial charge in [0.2, 0.25) is 0 Å². The van der Waals surface area contributed by atoms with E-state index in [1.165, 1.54) is 0 Å². The summed E-state index contributed by atoms with van der Waals surface area (Å²) in [5.41, 5.74) is 3.45. The van der Waals surface area contributed by atoms with Gasteiger partial charge in [-0.2, -0.15) is 5.10 Å². The number of amides is 1. The lowest BCUT2D eigenvalue weighted by molar-refractivity contribution is 0.0746. The van der Waals surface area contributed by atoms with Crippen LogP contribution in [0.2, 0.25) is 5.02 Å². The fraction of sp³-hybridized carbons (Fsp3) is 0.217. The van der Waals surface area contributed by atoms with E-state index in [9.17, 15) is 4.79 Å². The Morgan fingerprint density at radius 1 is 1.00 bits per heavy atom. The average Bonchev–Trinajstić information content (AvgIpc) is 3.24. The van der Waals surface area contributed by atoms with E-state index in [2.05, 4.69) is 20.0 Å². The van der Waals surface area contributed by atoms with Crippen LogP contribution in [0.25, 0.3) is 16.7 Å². The smallest absolute Gasteiger partial charge is 0.253 e. The number of aryl methyl sites for hydroxylation is 1. The minimum atomic E-state index is 0.0706. The zero-order valence-corrected chi connectivity index (χ0v) is 17.8. The van der Waals surface area contributed by atoms with Crippen molar-refractivity contribution in [2.75, 3.05) is 31.1 Å². The van der Waals surface area contributed by atoms with Crippen molar-refractivity contribution in [2.24, 2.45) is 0 Å². The molecule has 31 heavy (non-hydrogen) atoms. The third-order valence-electron chi connectivity index (χ3n) is 5.56. The molecule has 0 radical (unpaired) electrons. The van der Waals surface area contributed by atoms with Gasteiger partial charge in [0.05, 0.1) is 17.3 Å². The number of rotatable bonds is 3. The molecule has 2 aromatic carbocycles. The maximum atomic E-state index is 12.8. The van der Waals surface area contributed by atoms with Gasteiger partial charge < -0.3 is 9.80 Å². The van der Waals surface area contributed by atoms with Crippen molar-refractivity contribution in [3.8, 4) is 5.69 Å². The summed E-state index contributed by atoms with van der Waals surface area (Å²) in [4.78, 5) is 25.9. The van der Waals surface area contributed by atoms with Crippen LogP contribution in [0.15, 0.2) is 61.1 Å². The van der Waals surface area contributed by atoms with Gasteiger partial charge in [0, 0.05) is 36.8 Å². The van der Waals surface area contributed by atoms with Gasteiger partial charge in [0.15, 0.2) is 5.65 Å². The summed E-state index contributed by atoms with van der Waals surface area (Å²) in [6.07, 6.45) is 3.35. The highest BCUT2D eigenvalue weighted by molar-refractivity contribution is 6.30. The van der Waals surface area contributed by atoms with E-state index >= 15 is 0 Å². The van der Waals surface area contributed by atoms with Gasteiger partial charge in [-0.15, -0.1) is 0 Å². The van der Waals surface area contributed by atoms with Crippen LogP contribution in [0.1, 0.15) is 15.9 Å². The number of piperazine rings is 1. The zero-order valence-electron chi connectivity index (χ0n) is 17.1. The van der Waals surface area contributed by atoms with Crippen molar-refractivity contribution in [3.05, 3.63) is 77.2 Å². The molecule has 0 unspecified atom stereocenters. The number of carbonyl (C=O) groups excluding carboxylic acids is 1. The Labute approximate surface area is 184 Å².